The van der Waals surface area contributed by atoms with Crippen LogP contribution in [0.15, 0.2) is 18.2 Å². The number of fused-ring (bicyclic) bond motifs is 1. The number of nitrogens with one attached hydrogen (secondary N) is 1. The van der Waals surface area contributed by atoms with Gasteiger partial charge in [0, 0.05) is 30.1 Å². The number of anilines is 1. The molecule has 0 aliphatic heterocycles. The Kier molecular flexibility index (Phi) is 3.75. The fourth-order valence-corrected chi connectivity index (χ4v) is 2.90. The van der Waals surface area contributed by atoms with E-state index in [1.807, 2.05) is 11.7 Å². The minimum absolute atomic E-state index is 0.189. The van der Waals surface area contributed by atoms with Crippen molar-refractivity contribution < 1.29 is 14.3 Å². The maximum Gasteiger partial charge on any atom is 0.276 e. The van der Waals surface area contributed by atoms with Crippen LogP contribution in [-0.4, -0.2) is 29.9 Å². The van der Waals surface area contributed by atoms with Gasteiger partial charge in [-0.2, -0.15) is 5.10 Å². The second kappa shape index (κ2) is 5.71. The van der Waals surface area contributed by atoms with Gasteiger partial charge in [-0.1, -0.05) is 0 Å². The molecule has 0 bridgehead atoms. The summed E-state index contributed by atoms with van der Waals surface area (Å²) in [5, 5.41) is 7.23. The molecule has 6 nitrogen and oxygen atoms in total. The van der Waals surface area contributed by atoms with Crippen LogP contribution in [0.5, 0.6) is 11.5 Å². The first-order valence-electron chi connectivity index (χ1n) is 7.22. The highest BCUT2D eigenvalue weighted by molar-refractivity contribution is 6.04. The molecule has 0 radical (unpaired) electrons. The van der Waals surface area contributed by atoms with Gasteiger partial charge >= 0.3 is 0 Å². The van der Waals surface area contributed by atoms with Gasteiger partial charge in [-0.15, -0.1) is 0 Å². The van der Waals surface area contributed by atoms with Gasteiger partial charge < -0.3 is 14.8 Å². The van der Waals surface area contributed by atoms with Gasteiger partial charge in [-0.05, 0) is 31.4 Å². The lowest BCUT2D eigenvalue weighted by molar-refractivity contribution is 0.102. The Bertz CT molecular complexity index is 722. The number of aromatic nitrogens is 2. The average molecular weight is 301 g/mol. The molecule has 1 aromatic heterocycles. The van der Waals surface area contributed by atoms with Crippen LogP contribution in [0.3, 0.4) is 0 Å². The zero-order valence-electron chi connectivity index (χ0n) is 13.0. The maximum absolute atomic E-state index is 12.5. The van der Waals surface area contributed by atoms with Crippen molar-refractivity contribution in [1.82, 2.24) is 9.78 Å². The van der Waals surface area contributed by atoms with Gasteiger partial charge in [0.25, 0.3) is 5.91 Å². The van der Waals surface area contributed by atoms with E-state index in [0.29, 0.717) is 22.9 Å². The van der Waals surface area contributed by atoms with E-state index >= 15 is 0 Å². The van der Waals surface area contributed by atoms with Crippen LogP contribution >= 0.6 is 0 Å². The fourth-order valence-electron chi connectivity index (χ4n) is 2.90. The molecule has 1 aliphatic rings. The van der Waals surface area contributed by atoms with Gasteiger partial charge in [-0.3, -0.25) is 9.48 Å². The highest BCUT2D eigenvalue weighted by atomic mass is 16.5. The van der Waals surface area contributed by atoms with Crippen LogP contribution in [-0.2, 0) is 19.9 Å². The quantitative estimate of drug-likeness (QED) is 0.940. The first kappa shape index (κ1) is 14.4. The number of nitrogens with zero attached hydrogens (tertiary/aromatic N) is 2. The van der Waals surface area contributed by atoms with Crippen LogP contribution < -0.4 is 14.8 Å². The van der Waals surface area contributed by atoms with E-state index in [0.717, 1.165) is 30.5 Å². The van der Waals surface area contributed by atoms with E-state index in [1.165, 1.54) is 0 Å². The molecule has 1 aromatic carbocycles. The predicted octanol–water partition coefficient (Wildman–Crippen LogP) is 2.18. The minimum Gasteiger partial charge on any atom is -0.493 e. The summed E-state index contributed by atoms with van der Waals surface area (Å²) < 4.78 is 12.2. The van der Waals surface area contributed by atoms with E-state index < -0.39 is 0 Å². The number of methoxy groups -OCH3 is 2. The summed E-state index contributed by atoms with van der Waals surface area (Å²) in [5.74, 6) is 1.01. The summed E-state index contributed by atoms with van der Waals surface area (Å²) in [6.45, 7) is 0. The van der Waals surface area contributed by atoms with E-state index in [2.05, 4.69) is 10.4 Å². The number of amides is 1. The Morgan fingerprint density at radius 2 is 2.00 bits per heavy atom. The smallest absolute Gasteiger partial charge is 0.276 e. The topological polar surface area (TPSA) is 65.4 Å². The number of carbonyl (C=O) groups is 1. The number of benzene rings is 1. The predicted molar refractivity (Wildman–Crippen MR) is 82.7 cm³/mol. The average Bonchev–Trinajstić information content (AvgIpc) is 3.11. The Labute approximate surface area is 129 Å². The fraction of sp³-hybridized carbons (Fsp3) is 0.375. The molecule has 6 heteroatoms. The SMILES string of the molecule is COc1ccc(NC(=O)c2nn(C)c3c2CCC3)cc1OC. The van der Waals surface area contributed by atoms with Crippen LogP contribution in [0.25, 0.3) is 0 Å². The molecule has 1 heterocycles. The van der Waals surface area contributed by atoms with E-state index in [9.17, 15) is 4.79 Å². The van der Waals surface area contributed by atoms with Crippen LogP contribution in [0.4, 0.5) is 5.69 Å². The molecular weight excluding hydrogens is 282 g/mol. The lowest BCUT2D eigenvalue weighted by Gasteiger charge is -2.10. The maximum atomic E-state index is 12.5. The summed E-state index contributed by atoms with van der Waals surface area (Å²) in [5.41, 5.74) is 3.41. The third kappa shape index (κ3) is 2.41. The zero-order chi connectivity index (χ0) is 15.7. The Hall–Kier alpha value is -2.50. The van der Waals surface area contributed by atoms with Crippen LogP contribution in [0.2, 0.25) is 0 Å². The molecule has 0 atom stereocenters. The summed E-state index contributed by atoms with van der Waals surface area (Å²) >= 11 is 0. The number of rotatable bonds is 4. The third-order valence-electron chi connectivity index (χ3n) is 3.97. The highest BCUT2D eigenvalue weighted by Crippen LogP contribution is 2.30. The molecule has 0 saturated heterocycles. The van der Waals surface area contributed by atoms with Crippen molar-refractivity contribution in [3.8, 4) is 11.5 Å². The Morgan fingerprint density at radius 3 is 2.73 bits per heavy atom. The number of aryl methyl sites for hydroxylation is 1. The normalized spacial score (nSPS) is 12.9. The summed E-state index contributed by atoms with van der Waals surface area (Å²) in [6.07, 6.45) is 2.98. The minimum atomic E-state index is -0.189. The van der Waals surface area contributed by atoms with Crippen molar-refractivity contribution in [3.63, 3.8) is 0 Å². The molecule has 0 spiro atoms. The Balaban J connectivity index is 1.84. The number of carbonyl (C=O) groups excluding carboxylic acids is 1. The monoisotopic (exact) mass is 301 g/mol. The van der Waals surface area contributed by atoms with E-state index in [4.69, 9.17) is 9.47 Å². The Morgan fingerprint density at radius 1 is 1.23 bits per heavy atom. The summed E-state index contributed by atoms with van der Waals surface area (Å²) in [7, 11) is 5.03. The van der Waals surface area contributed by atoms with Crippen molar-refractivity contribution in [2.24, 2.45) is 7.05 Å². The van der Waals surface area contributed by atoms with Gasteiger partial charge in [0.15, 0.2) is 17.2 Å². The number of ether oxygens (including phenoxy) is 2. The van der Waals surface area contributed by atoms with Crippen molar-refractivity contribution in [3.05, 3.63) is 35.2 Å². The summed E-state index contributed by atoms with van der Waals surface area (Å²) in [6, 6.07) is 5.28. The molecule has 2 aromatic rings. The molecule has 0 saturated carbocycles. The summed E-state index contributed by atoms with van der Waals surface area (Å²) in [4.78, 5) is 12.5. The third-order valence-corrected chi connectivity index (χ3v) is 3.97. The second-order valence-corrected chi connectivity index (χ2v) is 5.27. The van der Waals surface area contributed by atoms with E-state index in [1.54, 1.807) is 32.4 Å². The van der Waals surface area contributed by atoms with Crippen molar-refractivity contribution >= 4 is 11.6 Å². The van der Waals surface area contributed by atoms with Crippen molar-refractivity contribution in [2.45, 2.75) is 19.3 Å². The molecule has 1 N–H and O–H groups in total. The van der Waals surface area contributed by atoms with Crippen molar-refractivity contribution in [2.75, 3.05) is 19.5 Å². The van der Waals surface area contributed by atoms with E-state index in [-0.39, 0.29) is 5.91 Å². The standard InChI is InChI=1S/C16H19N3O3/c1-19-12-6-4-5-11(12)15(18-19)16(20)17-10-7-8-13(21-2)14(9-10)22-3/h7-9H,4-6H2,1-3H3,(H,17,20). The molecular formula is C16H19N3O3. The molecule has 1 amide bonds. The lowest BCUT2D eigenvalue weighted by atomic mass is 10.2. The molecule has 0 fully saturated rings. The van der Waals surface area contributed by atoms with Crippen LogP contribution in [0.1, 0.15) is 28.2 Å². The highest BCUT2D eigenvalue weighted by Gasteiger charge is 2.25. The molecule has 22 heavy (non-hydrogen) atoms. The van der Waals surface area contributed by atoms with Gasteiger partial charge in [0.1, 0.15) is 0 Å². The van der Waals surface area contributed by atoms with Gasteiger partial charge in [0.05, 0.1) is 14.2 Å². The molecule has 1 aliphatic carbocycles. The van der Waals surface area contributed by atoms with Crippen molar-refractivity contribution in [1.29, 1.82) is 0 Å². The van der Waals surface area contributed by atoms with Gasteiger partial charge in [0.2, 0.25) is 0 Å². The van der Waals surface area contributed by atoms with Gasteiger partial charge in [-0.25, -0.2) is 0 Å². The lowest BCUT2D eigenvalue weighted by Crippen LogP contribution is -2.14. The molecule has 0 unspecified atom stereocenters. The second-order valence-electron chi connectivity index (χ2n) is 5.27. The molecule has 3 rings (SSSR count). The largest absolute Gasteiger partial charge is 0.493 e. The number of hydrogen-bond donors (Lipinski definition) is 1. The first-order valence-corrected chi connectivity index (χ1v) is 7.22. The zero-order valence-corrected chi connectivity index (χ0v) is 13.0. The first-order chi connectivity index (χ1) is 10.6. The molecule has 116 valence electrons. The number of hydrogen-bond acceptors (Lipinski definition) is 4. The van der Waals surface area contributed by atoms with Crippen LogP contribution in [0, 0.1) is 0 Å².